The number of hydrogen-bond donors (Lipinski definition) is 2. The summed E-state index contributed by atoms with van der Waals surface area (Å²) in [7, 11) is 0. The van der Waals surface area contributed by atoms with Gasteiger partial charge in [0.25, 0.3) is 0 Å². The predicted octanol–water partition coefficient (Wildman–Crippen LogP) is 0.129. The Morgan fingerprint density at radius 3 is 2.47 bits per heavy atom. The summed E-state index contributed by atoms with van der Waals surface area (Å²) in [4.78, 5) is 24.6. The zero-order chi connectivity index (χ0) is 13.2. The Hall–Kier alpha value is -1.10. The lowest BCUT2D eigenvalue weighted by Crippen LogP contribution is -2.53. The van der Waals surface area contributed by atoms with Crippen LogP contribution in [0.2, 0.25) is 0 Å². The van der Waals surface area contributed by atoms with E-state index in [-0.39, 0.29) is 17.4 Å². The molecule has 0 spiro atoms. The third-order valence-electron chi connectivity index (χ3n) is 3.18. The lowest BCUT2D eigenvalue weighted by molar-refractivity contribution is -0.138. The molecule has 1 rings (SSSR count). The maximum atomic E-state index is 12.3. The molecule has 2 N–H and O–H groups in total. The molecule has 1 heterocycles. The molecule has 0 aromatic carbocycles. The summed E-state index contributed by atoms with van der Waals surface area (Å²) >= 11 is 0. The van der Waals surface area contributed by atoms with Crippen LogP contribution in [0.4, 0.5) is 0 Å². The average Bonchev–Trinajstić information content (AvgIpc) is 2.51. The minimum atomic E-state index is -0.548. The number of nitrogens with one attached hydrogen (secondary N) is 1. The highest BCUT2D eigenvalue weighted by Gasteiger charge is 2.39. The van der Waals surface area contributed by atoms with Gasteiger partial charge in [-0.3, -0.25) is 9.59 Å². The fraction of sp³-hybridized carbons (Fsp3) is 0.833. The van der Waals surface area contributed by atoms with Gasteiger partial charge < -0.3 is 15.3 Å². The highest BCUT2D eigenvalue weighted by Crippen LogP contribution is 2.25. The van der Waals surface area contributed by atoms with Crippen LogP contribution in [0.1, 0.15) is 34.1 Å². The van der Waals surface area contributed by atoms with E-state index < -0.39 is 12.1 Å². The fourth-order valence-corrected chi connectivity index (χ4v) is 2.24. The Balaban J connectivity index is 2.81. The number of β-amino-alcohol motifs (C(OH)–C–C–N with tert-alkyl or cyclic N) is 1. The van der Waals surface area contributed by atoms with Crippen molar-refractivity contribution in [2.24, 2.45) is 5.41 Å². The number of rotatable bonds is 3. The van der Waals surface area contributed by atoms with E-state index in [1.165, 1.54) is 0 Å². The van der Waals surface area contributed by atoms with Crippen molar-refractivity contribution in [1.29, 1.82) is 0 Å². The minimum Gasteiger partial charge on any atom is -0.391 e. The molecule has 3 atom stereocenters. The maximum absolute atomic E-state index is 12.3. The standard InChI is InChI=1S/C12H22N2O3/c1-8-5-9(16)6-14(8)11(17)10(13-7-15)12(2,3)4/h7-10,16H,5-6H2,1-4H3,(H,13,15)/t8-,9?,10?/m1/s1. The van der Waals surface area contributed by atoms with Crippen molar-refractivity contribution >= 4 is 12.3 Å². The summed E-state index contributed by atoms with van der Waals surface area (Å²) in [5.74, 6) is -0.117. The van der Waals surface area contributed by atoms with Crippen molar-refractivity contribution in [3.05, 3.63) is 0 Å². The second-order valence-electron chi connectivity index (χ2n) is 5.81. The molecule has 0 radical (unpaired) electrons. The third kappa shape index (κ3) is 3.19. The van der Waals surface area contributed by atoms with E-state index in [1.807, 2.05) is 27.7 Å². The molecule has 5 nitrogen and oxygen atoms in total. The van der Waals surface area contributed by atoms with E-state index in [1.54, 1.807) is 4.90 Å². The van der Waals surface area contributed by atoms with Crippen molar-refractivity contribution in [2.45, 2.75) is 52.3 Å². The van der Waals surface area contributed by atoms with Gasteiger partial charge in [-0.15, -0.1) is 0 Å². The normalized spacial score (nSPS) is 26.8. The molecular formula is C12H22N2O3. The SMILES string of the molecule is C[C@@H]1CC(O)CN1C(=O)C(NC=O)C(C)(C)C. The van der Waals surface area contributed by atoms with Crippen LogP contribution in [0.3, 0.4) is 0 Å². The van der Waals surface area contributed by atoms with Gasteiger partial charge in [0.1, 0.15) is 6.04 Å². The topological polar surface area (TPSA) is 69.6 Å². The highest BCUT2D eigenvalue weighted by atomic mass is 16.3. The first-order valence-electron chi connectivity index (χ1n) is 5.95. The van der Waals surface area contributed by atoms with Crippen LogP contribution in [0.5, 0.6) is 0 Å². The van der Waals surface area contributed by atoms with Crippen LogP contribution >= 0.6 is 0 Å². The van der Waals surface area contributed by atoms with Gasteiger partial charge in [-0.2, -0.15) is 0 Å². The first kappa shape index (κ1) is 14.0. The maximum Gasteiger partial charge on any atom is 0.246 e. The summed E-state index contributed by atoms with van der Waals surface area (Å²) in [6, 6.07) is -0.524. The number of amides is 2. The highest BCUT2D eigenvalue weighted by molar-refractivity contribution is 5.85. The molecule has 5 heteroatoms. The van der Waals surface area contributed by atoms with Gasteiger partial charge in [0.2, 0.25) is 12.3 Å². The molecule has 0 aromatic heterocycles. The van der Waals surface area contributed by atoms with Gasteiger partial charge in [-0.25, -0.2) is 0 Å². The van der Waals surface area contributed by atoms with Gasteiger partial charge in [0.05, 0.1) is 6.10 Å². The van der Waals surface area contributed by atoms with Gasteiger partial charge in [0, 0.05) is 12.6 Å². The molecule has 98 valence electrons. The van der Waals surface area contributed by atoms with Crippen LogP contribution in [0, 0.1) is 5.41 Å². The van der Waals surface area contributed by atoms with Crippen LogP contribution in [-0.4, -0.2) is 47.1 Å². The zero-order valence-corrected chi connectivity index (χ0v) is 10.9. The second-order valence-corrected chi connectivity index (χ2v) is 5.81. The Labute approximate surface area is 102 Å². The van der Waals surface area contributed by atoms with Gasteiger partial charge in [-0.05, 0) is 18.8 Å². The monoisotopic (exact) mass is 242 g/mol. The zero-order valence-electron chi connectivity index (χ0n) is 10.9. The number of hydrogen-bond acceptors (Lipinski definition) is 3. The molecule has 0 saturated carbocycles. The van der Waals surface area contributed by atoms with Gasteiger partial charge >= 0.3 is 0 Å². The third-order valence-corrected chi connectivity index (χ3v) is 3.18. The summed E-state index contributed by atoms with van der Waals surface area (Å²) in [5, 5.41) is 12.1. The van der Waals surface area contributed by atoms with E-state index in [0.29, 0.717) is 19.4 Å². The Kier molecular flexibility index (Phi) is 4.14. The Bertz CT molecular complexity index is 299. The van der Waals surface area contributed by atoms with E-state index in [0.717, 1.165) is 0 Å². The molecule has 0 aromatic rings. The van der Waals surface area contributed by atoms with E-state index in [4.69, 9.17) is 0 Å². The van der Waals surface area contributed by atoms with Crippen LogP contribution < -0.4 is 5.32 Å². The number of nitrogens with zero attached hydrogens (tertiary/aromatic N) is 1. The van der Waals surface area contributed by atoms with Crippen LogP contribution in [0.15, 0.2) is 0 Å². The molecule has 1 saturated heterocycles. The largest absolute Gasteiger partial charge is 0.391 e. The van der Waals surface area contributed by atoms with Gasteiger partial charge in [-0.1, -0.05) is 20.8 Å². The smallest absolute Gasteiger partial charge is 0.246 e. The van der Waals surface area contributed by atoms with Crippen molar-refractivity contribution in [1.82, 2.24) is 10.2 Å². The van der Waals surface area contributed by atoms with Crippen molar-refractivity contribution in [2.75, 3.05) is 6.54 Å². The summed E-state index contributed by atoms with van der Waals surface area (Å²) < 4.78 is 0. The number of carbonyl (C=O) groups excluding carboxylic acids is 2. The van der Waals surface area contributed by atoms with Crippen molar-refractivity contribution in [3.8, 4) is 0 Å². The fourth-order valence-electron chi connectivity index (χ4n) is 2.24. The van der Waals surface area contributed by atoms with E-state index in [2.05, 4.69) is 5.32 Å². The lowest BCUT2D eigenvalue weighted by Gasteiger charge is -2.33. The van der Waals surface area contributed by atoms with Crippen LogP contribution in [0.25, 0.3) is 0 Å². The first-order valence-corrected chi connectivity index (χ1v) is 5.95. The number of carbonyl (C=O) groups is 2. The average molecular weight is 242 g/mol. The van der Waals surface area contributed by atoms with Crippen LogP contribution in [-0.2, 0) is 9.59 Å². The summed E-state index contributed by atoms with van der Waals surface area (Å²) in [6.45, 7) is 7.98. The molecule has 0 bridgehead atoms. The van der Waals surface area contributed by atoms with Gasteiger partial charge in [0.15, 0.2) is 0 Å². The minimum absolute atomic E-state index is 0.0239. The molecule has 2 amide bonds. The molecule has 17 heavy (non-hydrogen) atoms. The lowest BCUT2D eigenvalue weighted by atomic mass is 9.86. The Morgan fingerprint density at radius 1 is 1.53 bits per heavy atom. The molecule has 0 aliphatic carbocycles. The molecular weight excluding hydrogens is 220 g/mol. The van der Waals surface area contributed by atoms with Crippen molar-refractivity contribution in [3.63, 3.8) is 0 Å². The summed E-state index contributed by atoms with van der Waals surface area (Å²) in [5.41, 5.74) is -0.342. The second kappa shape index (κ2) is 5.04. The number of aliphatic hydroxyl groups excluding tert-OH is 1. The molecule has 1 aliphatic rings. The molecule has 1 fully saturated rings. The Morgan fingerprint density at radius 2 is 2.12 bits per heavy atom. The predicted molar refractivity (Wildman–Crippen MR) is 64.2 cm³/mol. The van der Waals surface area contributed by atoms with E-state index >= 15 is 0 Å². The van der Waals surface area contributed by atoms with Crippen molar-refractivity contribution < 1.29 is 14.7 Å². The number of likely N-dealkylation sites (tertiary alicyclic amines) is 1. The summed E-state index contributed by atoms with van der Waals surface area (Å²) in [6.07, 6.45) is 0.708. The number of aliphatic hydroxyl groups is 1. The molecule has 2 unspecified atom stereocenters. The quantitative estimate of drug-likeness (QED) is 0.691. The first-order chi connectivity index (χ1) is 7.77. The molecule has 1 aliphatic heterocycles. The van der Waals surface area contributed by atoms with E-state index in [9.17, 15) is 14.7 Å².